The van der Waals surface area contributed by atoms with Gasteiger partial charge in [0.2, 0.25) is 0 Å². The van der Waals surface area contributed by atoms with Crippen LogP contribution >= 0.6 is 36.6 Å². The molecule has 0 fully saturated rings. The molecule has 4 aromatic rings. The number of amides is 1. The number of fused-ring (bicyclic) bond motifs is 1. The highest BCUT2D eigenvalue weighted by atomic mass is 35.5. The van der Waals surface area contributed by atoms with Gasteiger partial charge in [0, 0.05) is 45.4 Å². The molecule has 1 N–H and O–H groups in total. The molecule has 4 rings (SSSR count). The summed E-state index contributed by atoms with van der Waals surface area (Å²) in [6, 6.07) is 21.4. The fraction of sp³-hybridized carbons (Fsp3) is 0.0870. The normalized spacial score (nSPS) is 10.0. The van der Waals surface area contributed by atoms with Crippen molar-refractivity contribution in [2.24, 2.45) is 0 Å². The molecule has 4 nitrogen and oxygen atoms in total. The van der Waals surface area contributed by atoms with Crippen LogP contribution in [0, 0.1) is 6.92 Å². The van der Waals surface area contributed by atoms with E-state index in [9.17, 15) is 4.79 Å². The summed E-state index contributed by atoms with van der Waals surface area (Å²) in [4.78, 5) is 22.4. The van der Waals surface area contributed by atoms with Crippen molar-refractivity contribution in [3.8, 4) is 0 Å². The minimum absolute atomic E-state index is 0. The van der Waals surface area contributed by atoms with Crippen molar-refractivity contribution >= 4 is 59.1 Å². The first-order valence-corrected chi connectivity index (χ1v) is 9.96. The van der Waals surface area contributed by atoms with Crippen molar-refractivity contribution in [2.75, 3.05) is 5.32 Å². The van der Waals surface area contributed by atoms with Gasteiger partial charge in [0.15, 0.2) is 0 Å². The van der Waals surface area contributed by atoms with E-state index < -0.39 is 0 Å². The van der Waals surface area contributed by atoms with Gasteiger partial charge in [0.25, 0.3) is 5.91 Å². The molecule has 2 aromatic carbocycles. The zero-order chi connectivity index (χ0) is 19.3. The zero-order valence-electron chi connectivity index (χ0n) is 16.2. The van der Waals surface area contributed by atoms with E-state index in [0.717, 1.165) is 38.5 Å². The summed E-state index contributed by atoms with van der Waals surface area (Å²) in [5.74, 6) is 0.693. The molecule has 0 saturated carbocycles. The number of carbonyl (C=O) groups excluding carboxylic acids is 1. The SMILES string of the molecule is Cc1ccc2cc(NC(=O)c3cccc(SCc4cccnc4)c3)ccc2n1.Cl.Cl. The lowest BCUT2D eigenvalue weighted by Crippen LogP contribution is -2.11. The third-order valence-corrected chi connectivity index (χ3v) is 5.38. The van der Waals surface area contributed by atoms with E-state index in [-0.39, 0.29) is 30.7 Å². The van der Waals surface area contributed by atoms with Crippen LogP contribution in [0.3, 0.4) is 0 Å². The van der Waals surface area contributed by atoms with Crippen molar-refractivity contribution in [3.63, 3.8) is 0 Å². The van der Waals surface area contributed by atoms with Crippen molar-refractivity contribution in [1.29, 1.82) is 0 Å². The number of benzene rings is 2. The number of thioether (sulfide) groups is 1. The minimum Gasteiger partial charge on any atom is -0.322 e. The van der Waals surface area contributed by atoms with Gasteiger partial charge >= 0.3 is 0 Å². The Morgan fingerprint density at radius 3 is 2.67 bits per heavy atom. The zero-order valence-corrected chi connectivity index (χ0v) is 18.7. The third kappa shape index (κ3) is 5.95. The van der Waals surface area contributed by atoms with E-state index in [1.165, 1.54) is 0 Å². The lowest BCUT2D eigenvalue weighted by molar-refractivity contribution is 0.102. The summed E-state index contributed by atoms with van der Waals surface area (Å²) in [5.41, 5.74) is 4.45. The molecule has 7 heteroatoms. The van der Waals surface area contributed by atoms with Gasteiger partial charge in [-0.1, -0.05) is 18.2 Å². The highest BCUT2D eigenvalue weighted by molar-refractivity contribution is 7.98. The van der Waals surface area contributed by atoms with Crippen LogP contribution in [0.2, 0.25) is 0 Å². The quantitative estimate of drug-likeness (QED) is 0.355. The van der Waals surface area contributed by atoms with Crippen LogP contribution in [0.4, 0.5) is 5.69 Å². The first-order chi connectivity index (χ1) is 13.7. The van der Waals surface area contributed by atoms with Crippen molar-refractivity contribution in [3.05, 3.63) is 95.9 Å². The summed E-state index contributed by atoms with van der Waals surface area (Å²) in [7, 11) is 0. The molecular weight excluding hydrogens is 437 g/mol. The second-order valence-electron chi connectivity index (χ2n) is 6.49. The average molecular weight is 458 g/mol. The molecule has 0 bridgehead atoms. The molecule has 0 unspecified atom stereocenters. The Morgan fingerprint density at radius 1 is 1.00 bits per heavy atom. The van der Waals surface area contributed by atoms with E-state index in [2.05, 4.69) is 15.3 Å². The van der Waals surface area contributed by atoms with Gasteiger partial charge in [-0.25, -0.2) is 0 Å². The molecule has 2 heterocycles. The van der Waals surface area contributed by atoms with Gasteiger partial charge in [-0.2, -0.15) is 0 Å². The number of carbonyl (C=O) groups is 1. The van der Waals surface area contributed by atoms with Crippen LogP contribution in [0.25, 0.3) is 10.9 Å². The Balaban J connectivity index is 0.00000160. The molecule has 2 aromatic heterocycles. The summed E-state index contributed by atoms with van der Waals surface area (Å²) >= 11 is 1.69. The second-order valence-corrected chi connectivity index (χ2v) is 7.54. The van der Waals surface area contributed by atoms with Crippen molar-refractivity contribution in [2.45, 2.75) is 17.6 Å². The van der Waals surface area contributed by atoms with Gasteiger partial charge in [-0.15, -0.1) is 36.6 Å². The summed E-state index contributed by atoms with van der Waals surface area (Å²) < 4.78 is 0. The number of nitrogens with zero attached hydrogens (tertiary/aromatic N) is 2. The Morgan fingerprint density at radius 2 is 1.87 bits per heavy atom. The van der Waals surface area contributed by atoms with E-state index in [1.54, 1.807) is 18.0 Å². The first-order valence-electron chi connectivity index (χ1n) is 8.98. The number of pyridine rings is 2. The topological polar surface area (TPSA) is 54.9 Å². The molecule has 30 heavy (non-hydrogen) atoms. The number of anilines is 1. The van der Waals surface area contributed by atoms with E-state index in [4.69, 9.17) is 0 Å². The Labute approximate surface area is 192 Å². The molecule has 0 atom stereocenters. The first kappa shape index (κ1) is 23.7. The van der Waals surface area contributed by atoms with Gasteiger partial charge in [-0.05, 0) is 61.0 Å². The van der Waals surface area contributed by atoms with Crippen LogP contribution in [0.5, 0.6) is 0 Å². The monoisotopic (exact) mass is 457 g/mol. The maximum absolute atomic E-state index is 12.7. The molecule has 0 aliphatic carbocycles. The molecule has 0 saturated heterocycles. The lowest BCUT2D eigenvalue weighted by atomic mass is 10.1. The van der Waals surface area contributed by atoms with Crippen LogP contribution < -0.4 is 5.32 Å². The predicted octanol–water partition coefficient (Wildman–Crippen LogP) is 6.33. The number of aromatic nitrogens is 2. The molecule has 154 valence electrons. The van der Waals surface area contributed by atoms with Crippen molar-refractivity contribution < 1.29 is 4.79 Å². The maximum Gasteiger partial charge on any atom is 0.255 e. The number of rotatable bonds is 5. The molecule has 1 amide bonds. The Bertz CT molecular complexity index is 1140. The molecule has 0 aliphatic heterocycles. The third-order valence-electron chi connectivity index (χ3n) is 4.31. The largest absolute Gasteiger partial charge is 0.322 e. The van der Waals surface area contributed by atoms with Gasteiger partial charge in [0.1, 0.15) is 0 Å². The molecule has 0 aliphatic rings. The summed E-state index contributed by atoms with van der Waals surface area (Å²) in [6.07, 6.45) is 3.63. The Kier molecular flexibility index (Phi) is 8.66. The highest BCUT2D eigenvalue weighted by Gasteiger charge is 2.08. The summed E-state index contributed by atoms with van der Waals surface area (Å²) in [5, 5.41) is 3.98. The maximum atomic E-state index is 12.7. The van der Waals surface area contributed by atoms with Gasteiger partial charge < -0.3 is 5.32 Å². The molecular formula is C23H21Cl2N3OS. The average Bonchev–Trinajstić information content (AvgIpc) is 2.73. The van der Waals surface area contributed by atoms with E-state index in [0.29, 0.717) is 5.56 Å². The number of nitrogens with one attached hydrogen (secondary N) is 1. The van der Waals surface area contributed by atoms with Gasteiger partial charge in [0.05, 0.1) is 5.52 Å². The predicted molar refractivity (Wildman–Crippen MR) is 129 cm³/mol. The number of aryl methyl sites for hydroxylation is 1. The van der Waals surface area contributed by atoms with E-state index in [1.807, 2.05) is 79.9 Å². The lowest BCUT2D eigenvalue weighted by Gasteiger charge is -2.08. The molecule has 0 radical (unpaired) electrons. The Hall–Kier alpha value is -2.60. The van der Waals surface area contributed by atoms with Crippen LogP contribution in [-0.2, 0) is 5.75 Å². The summed E-state index contributed by atoms with van der Waals surface area (Å²) in [6.45, 7) is 1.97. The fourth-order valence-electron chi connectivity index (χ4n) is 2.89. The second kappa shape index (κ2) is 11.0. The smallest absolute Gasteiger partial charge is 0.255 e. The van der Waals surface area contributed by atoms with Crippen LogP contribution in [0.1, 0.15) is 21.6 Å². The minimum atomic E-state index is -0.122. The highest BCUT2D eigenvalue weighted by Crippen LogP contribution is 2.24. The van der Waals surface area contributed by atoms with Crippen LogP contribution in [0.15, 0.2) is 84.0 Å². The van der Waals surface area contributed by atoms with E-state index >= 15 is 0 Å². The number of hydrogen-bond donors (Lipinski definition) is 1. The molecule has 0 spiro atoms. The van der Waals surface area contributed by atoms with Gasteiger partial charge in [-0.3, -0.25) is 14.8 Å². The fourth-order valence-corrected chi connectivity index (χ4v) is 3.77. The van der Waals surface area contributed by atoms with Crippen LogP contribution in [-0.4, -0.2) is 15.9 Å². The standard InChI is InChI=1S/C23H19N3OS.2ClH/c1-16-7-8-18-12-20(9-10-22(18)25-16)26-23(27)19-5-2-6-21(13-19)28-15-17-4-3-11-24-14-17;;/h2-14H,15H2,1H3,(H,26,27);2*1H. The number of halogens is 2. The van der Waals surface area contributed by atoms with Crippen molar-refractivity contribution in [1.82, 2.24) is 9.97 Å². The number of hydrogen-bond acceptors (Lipinski definition) is 4.